The molecule has 0 unspecified atom stereocenters. The Hall–Kier alpha value is -2.29. The number of hydrogen-bond acceptors (Lipinski definition) is 3. The van der Waals surface area contributed by atoms with Crippen LogP contribution in [-0.4, -0.2) is 16.6 Å². The first-order valence-corrected chi connectivity index (χ1v) is 6.09. The molecule has 0 atom stereocenters. The Kier molecular flexibility index (Phi) is 3.56. The van der Waals surface area contributed by atoms with Crippen LogP contribution in [0.1, 0.15) is 40.3 Å². The largest absolute Gasteiger partial charge is 0.295 e. The molecule has 0 aliphatic heterocycles. The predicted octanol–water partition coefficient (Wildman–Crippen LogP) is 3.46. The molecule has 0 aliphatic carbocycles. The van der Waals surface area contributed by atoms with Crippen molar-refractivity contribution in [1.29, 1.82) is 0 Å². The lowest BCUT2D eigenvalue weighted by atomic mass is 10.0. The summed E-state index contributed by atoms with van der Waals surface area (Å²) < 4.78 is 0. The Morgan fingerprint density at radius 3 is 2.00 bits per heavy atom. The monoisotopic (exact) mass is 253 g/mol. The number of carbonyl (C=O) groups is 2. The fourth-order valence-corrected chi connectivity index (χ4v) is 1.97. The summed E-state index contributed by atoms with van der Waals surface area (Å²) in [5.74, 6) is 0.0612. The minimum absolute atomic E-state index is 0.0171. The lowest BCUT2D eigenvalue weighted by molar-refractivity contribution is 0.100. The number of nitrogens with zero attached hydrogens (tertiary/aromatic N) is 1. The van der Waals surface area contributed by atoms with E-state index in [2.05, 4.69) is 4.98 Å². The number of Topliss-reactive ketones (excluding diaryl/α,β-unsaturated/α-hetero) is 2. The predicted molar refractivity (Wildman–Crippen MR) is 74.4 cm³/mol. The number of aromatic nitrogens is 1. The molecule has 2 aromatic rings. The first kappa shape index (κ1) is 13.1. The molecule has 0 spiro atoms. The standard InChI is InChI=1S/C16H15NO2/c1-10-15(12(3)19)8-9-16(17-10)14-6-4-13(5-7-14)11(2)18/h4-9H,1-3H3. The average Bonchev–Trinajstić information content (AvgIpc) is 2.38. The lowest BCUT2D eigenvalue weighted by Gasteiger charge is -2.06. The van der Waals surface area contributed by atoms with Crippen molar-refractivity contribution in [2.75, 3.05) is 0 Å². The van der Waals surface area contributed by atoms with Gasteiger partial charge in [0.15, 0.2) is 11.6 Å². The summed E-state index contributed by atoms with van der Waals surface area (Å²) in [6.45, 7) is 4.90. The smallest absolute Gasteiger partial charge is 0.161 e. The second kappa shape index (κ2) is 5.14. The van der Waals surface area contributed by atoms with Gasteiger partial charge in [0.1, 0.15) is 0 Å². The highest BCUT2D eigenvalue weighted by Gasteiger charge is 2.07. The van der Waals surface area contributed by atoms with Crippen LogP contribution in [0.5, 0.6) is 0 Å². The molecule has 0 amide bonds. The van der Waals surface area contributed by atoms with Crippen LogP contribution in [0.2, 0.25) is 0 Å². The molecule has 0 fully saturated rings. The van der Waals surface area contributed by atoms with Crippen LogP contribution in [0.25, 0.3) is 11.3 Å². The van der Waals surface area contributed by atoms with E-state index in [4.69, 9.17) is 0 Å². The molecule has 96 valence electrons. The highest BCUT2D eigenvalue weighted by Crippen LogP contribution is 2.20. The zero-order valence-corrected chi connectivity index (χ0v) is 11.2. The maximum Gasteiger partial charge on any atom is 0.161 e. The van der Waals surface area contributed by atoms with Crippen molar-refractivity contribution in [3.8, 4) is 11.3 Å². The minimum atomic E-state index is 0.0171. The van der Waals surface area contributed by atoms with Crippen molar-refractivity contribution in [3.63, 3.8) is 0 Å². The van der Waals surface area contributed by atoms with E-state index in [0.717, 1.165) is 17.0 Å². The molecule has 3 heteroatoms. The summed E-state index contributed by atoms with van der Waals surface area (Å²) in [4.78, 5) is 27.0. The maximum absolute atomic E-state index is 11.4. The topological polar surface area (TPSA) is 47.0 Å². The lowest BCUT2D eigenvalue weighted by Crippen LogP contribution is -1.99. The Balaban J connectivity index is 2.39. The maximum atomic E-state index is 11.4. The summed E-state index contributed by atoms with van der Waals surface area (Å²) in [5, 5.41) is 0. The molecule has 3 nitrogen and oxygen atoms in total. The van der Waals surface area contributed by atoms with Gasteiger partial charge in [-0.05, 0) is 32.9 Å². The van der Waals surface area contributed by atoms with E-state index in [1.165, 1.54) is 6.92 Å². The van der Waals surface area contributed by atoms with Gasteiger partial charge in [-0.1, -0.05) is 24.3 Å². The van der Waals surface area contributed by atoms with Crippen LogP contribution >= 0.6 is 0 Å². The molecule has 0 saturated carbocycles. The number of ketones is 2. The highest BCUT2D eigenvalue weighted by atomic mass is 16.1. The van der Waals surface area contributed by atoms with Gasteiger partial charge >= 0.3 is 0 Å². The molecule has 1 heterocycles. The number of pyridine rings is 1. The summed E-state index contributed by atoms with van der Waals surface area (Å²) in [6, 6.07) is 10.9. The van der Waals surface area contributed by atoms with E-state index in [1.54, 1.807) is 25.1 Å². The third-order valence-electron chi connectivity index (χ3n) is 3.05. The summed E-state index contributed by atoms with van der Waals surface area (Å²) >= 11 is 0. The molecule has 0 N–H and O–H groups in total. The number of hydrogen-bond donors (Lipinski definition) is 0. The second-order valence-electron chi connectivity index (χ2n) is 4.52. The summed E-state index contributed by atoms with van der Waals surface area (Å²) in [6.07, 6.45) is 0. The number of aryl methyl sites for hydroxylation is 1. The van der Waals surface area contributed by atoms with Crippen LogP contribution in [0.15, 0.2) is 36.4 Å². The molecular formula is C16H15NO2. The molecule has 19 heavy (non-hydrogen) atoms. The molecule has 0 radical (unpaired) electrons. The van der Waals surface area contributed by atoms with Crippen molar-refractivity contribution in [1.82, 2.24) is 4.98 Å². The molecule has 1 aromatic heterocycles. The normalized spacial score (nSPS) is 10.3. The van der Waals surface area contributed by atoms with Crippen LogP contribution in [-0.2, 0) is 0 Å². The fraction of sp³-hybridized carbons (Fsp3) is 0.188. The second-order valence-corrected chi connectivity index (χ2v) is 4.52. The van der Waals surface area contributed by atoms with Gasteiger partial charge in [0.05, 0.1) is 5.69 Å². The number of rotatable bonds is 3. The Labute approximate surface area is 112 Å². The summed E-state index contributed by atoms with van der Waals surface area (Å²) in [7, 11) is 0. The van der Waals surface area contributed by atoms with E-state index in [0.29, 0.717) is 11.1 Å². The van der Waals surface area contributed by atoms with Crippen LogP contribution < -0.4 is 0 Å². The van der Waals surface area contributed by atoms with Crippen LogP contribution in [0, 0.1) is 6.92 Å². The Morgan fingerprint density at radius 1 is 0.895 bits per heavy atom. The molecule has 0 bridgehead atoms. The minimum Gasteiger partial charge on any atom is -0.295 e. The van der Waals surface area contributed by atoms with Crippen molar-refractivity contribution in [3.05, 3.63) is 53.2 Å². The fourth-order valence-electron chi connectivity index (χ4n) is 1.97. The first-order chi connectivity index (χ1) is 8.99. The van der Waals surface area contributed by atoms with Crippen LogP contribution in [0.4, 0.5) is 0 Å². The van der Waals surface area contributed by atoms with Gasteiger partial charge < -0.3 is 0 Å². The van der Waals surface area contributed by atoms with Crippen molar-refractivity contribution in [2.24, 2.45) is 0 Å². The van der Waals surface area contributed by atoms with Gasteiger partial charge in [0.25, 0.3) is 0 Å². The summed E-state index contributed by atoms with van der Waals surface area (Å²) in [5.41, 5.74) is 3.78. The van der Waals surface area contributed by atoms with Crippen molar-refractivity contribution >= 4 is 11.6 Å². The number of carbonyl (C=O) groups excluding carboxylic acids is 2. The zero-order chi connectivity index (χ0) is 14.0. The Morgan fingerprint density at radius 2 is 1.53 bits per heavy atom. The van der Waals surface area contributed by atoms with E-state index >= 15 is 0 Å². The van der Waals surface area contributed by atoms with Gasteiger partial charge in [-0.15, -0.1) is 0 Å². The zero-order valence-electron chi connectivity index (χ0n) is 11.2. The van der Waals surface area contributed by atoms with E-state index in [-0.39, 0.29) is 11.6 Å². The van der Waals surface area contributed by atoms with Crippen molar-refractivity contribution in [2.45, 2.75) is 20.8 Å². The quantitative estimate of drug-likeness (QED) is 0.787. The molecule has 0 saturated heterocycles. The van der Waals surface area contributed by atoms with Crippen molar-refractivity contribution < 1.29 is 9.59 Å². The first-order valence-electron chi connectivity index (χ1n) is 6.09. The molecule has 0 aliphatic rings. The molecule has 2 rings (SSSR count). The van der Waals surface area contributed by atoms with E-state index in [1.807, 2.05) is 25.1 Å². The van der Waals surface area contributed by atoms with Gasteiger partial charge in [-0.25, -0.2) is 0 Å². The third kappa shape index (κ3) is 2.76. The Bertz CT molecular complexity index is 642. The van der Waals surface area contributed by atoms with Gasteiger partial charge in [0.2, 0.25) is 0 Å². The van der Waals surface area contributed by atoms with Gasteiger partial charge in [0, 0.05) is 22.4 Å². The SMILES string of the molecule is CC(=O)c1ccc(-c2ccc(C(C)=O)c(C)n2)cc1. The van der Waals surface area contributed by atoms with Crippen LogP contribution in [0.3, 0.4) is 0 Å². The average molecular weight is 253 g/mol. The molecule has 1 aromatic carbocycles. The van der Waals surface area contributed by atoms with E-state index in [9.17, 15) is 9.59 Å². The molecular weight excluding hydrogens is 238 g/mol. The van der Waals surface area contributed by atoms with E-state index < -0.39 is 0 Å². The van der Waals surface area contributed by atoms with Gasteiger partial charge in [-0.2, -0.15) is 0 Å². The third-order valence-corrected chi connectivity index (χ3v) is 3.05. The number of benzene rings is 1. The van der Waals surface area contributed by atoms with Gasteiger partial charge in [-0.3, -0.25) is 14.6 Å². The highest BCUT2D eigenvalue weighted by molar-refractivity contribution is 5.95.